The smallest absolute Gasteiger partial charge is 0.170 e. The van der Waals surface area contributed by atoms with Gasteiger partial charge in [-0.3, -0.25) is 4.98 Å². The van der Waals surface area contributed by atoms with Gasteiger partial charge in [0.15, 0.2) is 5.11 Å². The topological polar surface area (TPSA) is 40.2 Å². The van der Waals surface area contributed by atoms with Crippen LogP contribution in [0.2, 0.25) is 5.02 Å². The lowest BCUT2D eigenvalue weighted by atomic mass is 10.1. The molecule has 2 rings (SSSR count). The lowest BCUT2D eigenvalue weighted by Crippen LogP contribution is -2.36. The number of likely N-dealkylation sites (N-methyl/N-ethyl adjacent to an activating group) is 1. The van der Waals surface area contributed by atoms with E-state index in [1.807, 2.05) is 50.6 Å². The van der Waals surface area contributed by atoms with Crippen LogP contribution in [0, 0.1) is 0 Å². The largest absolute Gasteiger partial charge is 0.361 e. The van der Waals surface area contributed by atoms with Crippen LogP contribution in [0.5, 0.6) is 0 Å². The molecule has 0 aliphatic carbocycles. The first-order valence-electron chi connectivity index (χ1n) is 6.93. The summed E-state index contributed by atoms with van der Waals surface area (Å²) >= 11 is 11.3. The number of aromatic nitrogens is 1. The Bertz CT molecular complexity index is 619. The Morgan fingerprint density at radius 3 is 2.77 bits per heavy atom. The normalized spacial score (nSPS) is 12.0. The van der Waals surface area contributed by atoms with Crippen LogP contribution in [0.4, 0.5) is 5.69 Å². The van der Waals surface area contributed by atoms with Crippen molar-refractivity contribution in [1.29, 1.82) is 0 Å². The molecule has 1 aromatic carbocycles. The molecule has 0 amide bonds. The SMILES string of the molecule is CN(C)[C@H](CNC(=S)Nc1cccc(Cl)c1)c1cccnc1. The Balaban J connectivity index is 1.94. The van der Waals surface area contributed by atoms with Crippen molar-refractivity contribution in [3.63, 3.8) is 0 Å². The van der Waals surface area contributed by atoms with Crippen molar-refractivity contribution in [1.82, 2.24) is 15.2 Å². The number of nitrogens with one attached hydrogen (secondary N) is 2. The maximum Gasteiger partial charge on any atom is 0.170 e. The van der Waals surface area contributed by atoms with Crippen LogP contribution in [0.25, 0.3) is 0 Å². The molecule has 116 valence electrons. The quantitative estimate of drug-likeness (QED) is 0.821. The molecule has 0 unspecified atom stereocenters. The highest BCUT2D eigenvalue weighted by Gasteiger charge is 2.14. The van der Waals surface area contributed by atoms with E-state index >= 15 is 0 Å². The van der Waals surface area contributed by atoms with E-state index < -0.39 is 0 Å². The number of hydrogen-bond acceptors (Lipinski definition) is 3. The molecular formula is C16H19ClN4S. The molecule has 0 aliphatic heterocycles. The van der Waals surface area contributed by atoms with Crippen molar-refractivity contribution in [2.24, 2.45) is 0 Å². The monoisotopic (exact) mass is 334 g/mol. The van der Waals surface area contributed by atoms with Crippen molar-refractivity contribution in [3.8, 4) is 0 Å². The van der Waals surface area contributed by atoms with Gasteiger partial charge in [-0.1, -0.05) is 23.7 Å². The number of thiocarbonyl (C=S) groups is 1. The molecule has 6 heteroatoms. The number of pyridine rings is 1. The summed E-state index contributed by atoms with van der Waals surface area (Å²) in [6.45, 7) is 0.686. The fraction of sp³-hybridized carbons (Fsp3) is 0.250. The van der Waals surface area contributed by atoms with Gasteiger partial charge in [-0.25, -0.2) is 0 Å². The van der Waals surface area contributed by atoms with Gasteiger partial charge >= 0.3 is 0 Å². The van der Waals surface area contributed by atoms with Gasteiger partial charge in [-0.2, -0.15) is 0 Å². The molecule has 0 bridgehead atoms. The molecule has 1 aromatic heterocycles. The van der Waals surface area contributed by atoms with Gasteiger partial charge in [0.25, 0.3) is 0 Å². The molecule has 0 saturated heterocycles. The minimum atomic E-state index is 0.188. The molecule has 2 aromatic rings. The maximum atomic E-state index is 5.96. The zero-order valence-electron chi connectivity index (χ0n) is 12.6. The summed E-state index contributed by atoms with van der Waals surface area (Å²) in [6.07, 6.45) is 3.65. The Morgan fingerprint density at radius 2 is 2.14 bits per heavy atom. The van der Waals surface area contributed by atoms with E-state index in [4.69, 9.17) is 23.8 Å². The van der Waals surface area contributed by atoms with E-state index in [-0.39, 0.29) is 6.04 Å². The highest BCUT2D eigenvalue weighted by atomic mass is 35.5. The van der Waals surface area contributed by atoms with Gasteiger partial charge in [0.1, 0.15) is 0 Å². The number of halogens is 1. The number of anilines is 1. The van der Waals surface area contributed by atoms with Crippen LogP contribution in [-0.4, -0.2) is 35.6 Å². The fourth-order valence-electron chi connectivity index (χ4n) is 2.10. The second-order valence-electron chi connectivity index (χ2n) is 5.11. The van der Waals surface area contributed by atoms with Crippen LogP contribution in [0.15, 0.2) is 48.8 Å². The first-order chi connectivity index (χ1) is 10.6. The van der Waals surface area contributed by atoms with Gasteiger partial charge in [0.05, 0.1) is 6.04 Å². The zero-order chi connectivity index (χ0) is 15.9. The molecule has 0 fully saturated rings. The third kappa shape index (κ3) is 4.94. The molecule has 0 spiro atoms. The minimum Gasteiger partial charge on any atom is -0.361 e. The number of nitrogens with zero attached hydrogens (tertiary/aromatic N) is 2. The summed E-state index contributed by atoms with van der Waals surface area (Å²) in [5.74, 6) is 0. The van der Waals surface area contributed by atoms with Crippen LogP contribution in [0.3, 0.4) is 0 Å². The van der Waals surface area contributed by atoms with Crippen molar-refractivity contribution >= 4 is 34.6 Å². The van der Waals surface area contributed by atoms with E-state index in [9.17, 15) is 0 Å². The van der Waals surface area contributed by atoms with E-state index in [1.54, 1.807) is 6.20 Å². The van der Waals surface area contributed by atoms with Gasteiger partial charge < -0.3 is 15.5 Å². The predicted octanol–water partition coefficient (Wildman–Crippen LogP) is 3.32. The molecule has 2 N–H and O–H groups in total. The van der Waals surface area contributed by atoms with E-state index in [2.05, 4.69) is 26.6 Å². The summed E-state index contributed by atoms with van der Waals surface area (Å²) in [6, 6.07) is 11.7. The first kappa shape index (κ1) is 16.7. The Labute approximate surface area is 141 Å². The number of hydrogen-bond donors (Lipinski definition) is 2. The maximum absolute atomic E-state index is 5.96. The highest BCUT2D eigenvalue weighted by molar-refractivity contribution is 7.80. The van der Waals surface area contributed by atoms with E-state index in [0.29, 0.717) is 16.7 Å². The average Bonchev–Trinajstić information content (AvgIpc) is 2.48. The molecule has 4 nitrogen and oxygen atoms in total. The minimum absolute atomic E-state index is 0.188. The third-order valence-electron chi connectivity index (χ3n) is 3.23. The van der Waals surface area contributed by atoms with Gasteiger partial charge in [-0.15, -0.1) is 0 Å². The molecular weight excluding hydrogens is 316 g/mol. The van der Waals surface area contributed by atoms with Crippen LogP contribution < -0.4 is 10.6 Å². The Kier molecular flexibility index (Phi) is 6.12. The molecule has 0 aliphatic rings. The average molecular weight is 335 g/mol. The molecule has 22 heavy (non-hydrogen) atoms. The fourth-order valence-corrected chi connectivity index (χ4v) is 2.49. The van der Waals surface area contributed by atoms with Gasteiger partial charge in [0, 0.05) is 29.6 Å². The molecule has 0 radical (unpaired) electrons. The van der Waals surface area contributed by atoms with Crippen molar-refractivity contribution in [2.75, 3.05) is 26.0 Å². The molecule has 0 saturated carbocycles. The Hall–Kier alpha value is -1.69. The summed E-state index contributed by atoms with van der Waals surface area (Å²) in [4.78, 5) is 6.31. The van der Waals surface area contributed by atoms with Crippen LogP contribution >= 0.6 is 23.8 Å². The molecule has 1 heterocycles. The first-order valence-corrected chi connectivity index (χ1v) is 7.71. The number of rotatable bonds is 5. The van der Waals surface area contributed by atoms with Gasteiger partial charge in [0.2, 0.25) is 0 Å². The summed E-state index contributed by atoms with van der Waals surface area (Å²) < 4.78 is 0. The summed E-state index contributed by atoms with van der Waals surface area (Å²) in [7, 11) is 4.07. The Morgan fingerprint density at radius 1 is 1.32 bits per heavy atom. The second-order valence-corrected chi connectivity index (χ2v) is 5.96. The highest BCUT2D eigenvalue weighted by Crippen LogP contribution is 2.17. The summed E-state index contributed by atoms with van der Waals surface area (Å²) in [5.41, 5.74) is 2.01. The summed E-state index contributed by atoms with van der Waals surface area (Å²) in [5, 5.41) is 7.61. The lowest BCUT2D eigenvalue weighted by molar-refractivity contribution is 0.298. The lowest BCUT2D eigenvalue weighted by Gasteiger charge is -2.25. The second kappa shape index (κ2) is 8.08. The van der Waals surface area contributed by atoms with Crippen LogP contribution in [0.1, 0.15) is 11.6 Å². The van der Waals surface area contributed by atoms with Crippen molar-refractivity contribution in [3.05, 3.63) is 59.4 Å². The van der Waals surface area contributed by atoms with E-state index in [0.717, 1.165) is 11.3 Å². The third-order valence-corrected chi connectivity index (χ3v) is 3.71. The molecule has 1 atom stereocenters. The zero-order valence-corrected chi connectivity index (χ0v) is 14.2. The van der Waals surface area contributed by atoms with Gasteiger partial charge in [-0.05, 0) is 56.1 Å². The van der Waals surface area contributed by atoms with Crippen LogP contribution in [-0.2, 0) is 0 Å². The van der Waals surface area contributed by atoms with Crippen molar-refractivity contribution in [2.45, 2.75) is 6.04 Å². The standard InChI is InChI=1S/C16H19ClN4S/c1-21(2)15(12-5-4-8-18-10-12)11-19-16(22)20-14-7-3-6-13(17)9-14/h3-10,15H,11H2,1-2H3,(H2,19,20,22)/t15-/m1/s1. The van der Waals surface area contributed by atoms with Crippen molar-refractivity contribution < 1.29 is 0 Å². The number of benzene rings is 1. The predicted molar refractivity (Wildman–Crippen MR) is 96.3 cm³/mol. The van der Waals surface area contributed by atoms with E-state index in [1.165, 1.54) is 0 Å².